The van der Waals surface area contributed by atoms with Crippen LogP contribution in [0.2, 0.25) is 0 Å². The van der Waals surface area contributed by atoms with Gasteiger partial charge in [0.2, 0.25) is 5.95 Å². The van der Waals surface area contributed by atoms with Crippen LogP contribution in [0.25, 0.3) is 0 Å². The lowest BCUT2D eigenvalue weighted by atomic mass is 10.1. The van der Waals surface area contributed by atoms with Gasteiger partial charge in [0, 0.05) is 37.1 Å². The fourth-order valence-corrected chi connectivity index (χ4v) is 4.11. The third-order valence-electron chi connectivity index (χ3n) is 4.38. The van der Waals surface area contributed by atoms with Crippen LogP contribution in [0.5, 0.6) is 0 Å². The Morgan fingerprint density at radius 3 is 3.04 bits per heavy atom. The normalized spacial score (nSPS) is 21.3. The topological polar surface area (TPSA) is 91.4 Å². The molecule has 2 aliphatic rings. The van der Waals surface area contributed by atoms with Crippen molar-refractivity contribution in [2.75, 3.05) is 35.2 Å². The summed E-state index contributed by atoms with van der Waals surface area (Å²) in [5, 5.41) is 10.5. The first-order valence-electron chi connectivity index (χ1n) is 7.94. The summed E-state index contributed by atoms with van der Waals surface area (Å²) in [5.74, 6) is 1.63. The molecule has 0 amide bonds. The number of aromatic nitrogens is 3. The Labute approximate surface area is 138 Å². The molecule has 0 radical (unpaired) electrons. The van der Waals surface area contributed by atoms with E-state index in [1.165, 1.54) is 4.88 Å². The van der Waals surface area contributed by atoms with Crippen molar-refractivity contribution in [2.24, 2.45) is 0 Å². The second kappa shape index (κ2) is 5.93. The Kier molecular flexibility index (Phi) is 3.78. The van der Waals surface area contributed by atoms with Crippen molar-refractivity contribution in [3.8, 4) is 0 Å². The van der Waals surface area contributed by atoms with E-state index in [9.17, 15) is 5.11 Å². The predicted octanol–water partition coefficient (Wildman–Crippen LogP) is 1.04. The summed E-state index contributed by atoms with van der Waals surface area (Å²) >= 11 is 1.55. The van der Waals surface area contributed by atoms with Gasteiger partial charge in [-0.1, -0.05) is 0 Å². The molecule has 2 aromatic heterocycles. The van der Waals surface area contributed by atoms with Gasteiger partial charge in [-0.15, -0.1) is 11.3 Å². The molecule has 1 fully saturated rings. The Balaban J connectivity index is 1.55. The molecule has 2 aliphatic heterocycles. The molecule has 0 aromatic carbocycles. The number of piperidine rings is 1. The van der Waals surface area contributed by atoms with Crippen molar-refractivity contribution in [3.05, 3.63) is 22.8 Å². The van der Waals surface area contributed by atoms with Crippen LogP contribution in [0.4, 0.5) is 16.9 Å². The van der Waals surface area contributed by atoms with Gasteiger partial charge in [-0.2, -0.15) is 4.98 Å². The molecule has 0 spiro atoms. The first-order chi connectivity index (χ1) is 11.2. The molecule has 4 heterocycles. The molecule has 23 heavy (non-hydrogen) atoms. The summed E-state index contributed by atoms with van der Waals surface area (Å²) in [6.07, 6.45) is 4.28. The highest BCUT2D eigenvalue weighted by Gasteiger charge is 2.24. The number of nitrogen functional groups attached to an aromatic ring is 1. The largest absolute Gasteiger partial charge is 0.391 e. The molecule has 1 atom stereocenters. The molecule has 0 saturated carbocycles. The molecule has 2 aromatic rings. The average molecular weight is 332 g/mol. The predicted molar refractivity (Wildman–Crippen MR) is 90.8 cm³/mol. The number of nitrogens with zero attached hydrogens (tertiary/aromatic N) is 5. The highest BCUT2D eigenvalue weighted by Crippen LogP contribution is 2.29. The van der Waals surface area contributed by atoms with Crippen molar-refractivity contribution in [1.82, 2.24) is 15.0 Å². The average Bonchev–Trinajstić information content (AvgIpc) is 2.94. The van der Waals surface area contributed by atoms with Crippen molar-refractivity contribution in [1.29, 1.82) is 0 Å². The molecule has 0 aliphatic carbocycles. The fourth-order valence-electron chi connectivity index (χ4n) is 3.22. The number of hydrogen-bond acceptors (Lipinski definition) is 8. The molecular weight excluding hydrogens is 312 g/mol. The second-order valence-corrected chi connectivity index (χ2v) is 7.17. The highest BCUT2D eigenvalue weighted by atomic mass is 32.1. The maximum atomic E-state index is 9.86. The van der Waals surface area contributed by atoms with Crippen molar-refractivity contribution >= 4 is 28.2 Å². The standard InChI is InChI=1S/C15H20N6OS/c16-14-18-11-4-7-21(9-12(11)23-14)15-17-5-3-13(19-15)20-6-1-2-10(22)8-20/h3,5,10,22H,1-2,4,6-9H2,(H2,16,18)/t10-/m0/s1. The summed E-state index contributed by atoms with van der Waals surface area (Å²) in [4.78, 5) is 19.0. The number of β-amino-alcohol motifs (C(OH)–C–C–N with tert-alkyl or cyclic N) is 1. The van der Waals surface area contributed by atoms with E-state index in [1.807, 2.05) is 6.07 Å². The molecule has 4 rings (SSSR count). The van der Waals surface area contributed by atoms with Gasteiger partial charge >= 0.3 is 0 Å². The maximum absolute atomic E-state index is 9.86. The molecule has 0 unspecified atom stereocenters. The SMILES string of the molecule is Nc1nc2c(s1)CN(c1nccc(N3CCC[C@H](O)C3)n1)CC2. The molecule has 7 nitrogen and oxygen atoms in total. The highest BCUT2D eigenvalue weighted by molar-refractivity contribution is 7.15. The second-order valence-electron chi connectivity index (χ2n) is 6.05. The van der Waals surface area contributed by atoms with Gasteiger partial charge in [0.25, 0.3) is 0 Å². The van der Waals surface area contributed by atoms with E-state index in [0.717, 1.165) is 56.4 Å². The van der Waals surface area contributed by atoms with Crippen LogP contribution in [-0.2, 0) is 13.0 Å². The van der Waals surface area contributed by atoms with Crippen molar-refractivity contribution in [3.63, 3.8) is 0 Å². The first-order valence-corrected chi connectivity index (χ1v) is 8.76. The third-order valence-corrected chi connectivity index (χ3v) is 5.29. The van der Waals surface area contributed by atoms with Crippen LogP contribution in [0.15, 0.2) is 12.3 Å². The Morgan fingerprint density at radius 2 is 2.17 bits per heavy atom. The van der Waals surface area contributed by atoms with Gasteiger partial charge in [0.05, 0.1) is 18.3 Å². The van der Waals surface area contributed by atoms with E-state index < -0.39 is 0 Å². The van der Waals surface area contributed by atoms with E-state index in [0.29, 0.717) is 11.7 Å². The number of hydrogen-bond donors (Lipinski definition) is 2. The van der Waals surface area contributed by atoms with Gasteiger partial charge < -0.3 is 20.6 Å². The van der Waals surface area contributed by atoms with E-state index in [1.54, 1.807) is 17.5 Å². The number of nitrogens with two attached hydrogens (primary N) is 1. The minimum absolute atomic E-state index is 0.264. The zero-order valence-electron chi connectivity index (χ0n) is 12.9. The molecule has 8 heteroatoms. The van der Waals surface area contributed by atoms with Crippen LogP contribution in [0, 0.1) is 0 Å². The van der Waals surface area contributed by atoms with Crippen LogP contribution in [0.1, 0.15) is 23.4 Å². The van der Waals surface area contributed by atoms with Crippen molar-refractivity contribution < 1.29 is 5.11 Å². The monoisotopic (exact) mass is 332 g/mol. The number of anilines is 3. The van der Waals surface area contributed by atoms with Crippen LogP contribution in [0.3, 0.4) is 0 Å². The first kappa shape index (κ1) is 14.6. The molecule has 3 N–H and O–H groups in total. The van der Waals surface area contributed by atoms with E-state index in [2.05, 4.69) is 19.8 Å². The lowest BCUT2D eigenvalue weighted by Gasteiger charge is -2.32. The Morgan fingerprint density at radius 1 is 1.26 bits per heavy atom. The van der Waals surface area contributed by atoms with E-state index in [4.69, 9.17) is 10.7 Å². The Bertz CT molecular complexity index is 705. The Hall–Kier alpha value is -1.93. The van der Waals surface area contributed by atoms with Crippen LogP contribution < -0.4 is 15.5 Å². The summed E-state index contributed by atoms with van der Waals surface area (Å²) in [6.45, 7) is 3.19. The number of thiazole rings is 1. The summed E-state index contributed by atoms with van der Waals surface area (Å²) in [7, 11) is 0. The van der Waals surface area contributed by atoms with Gasteiger partial charge in [-0.25, -0.2) is 9.97 Å². The number of aliphatic hydroxyl groups is 1. The third kappa shape index (κ3) is 2.96. The fraction of sp³-hybridized carbons (Fsp3) is 0.533. The van der Waals surface area contributed by atoms with Crippen molar-refractivity contribution in [2.45, 2.75) is 31.9 Å². The lowest BCUT2D eigenvalue weighted by molar-refractivity contribution is 0.154. The minimum Gasteiger partial charge on any atom is -0.391 e. The number of rotatable bonds is 2. The summed E-state index contributed by atoms with van der Waals surface area (Å²) < 4.78 is 0. The quantitative estimate of drug-likeness (QED) is 0.849. The lowest BCUT2D eigenvalue weighted by Crippen LogP contribution is -2.39. The van der Waals surface area contributed by atoms with Crippen LogP contribution in [-0.4, -0.2) is 45.8 Å². The number of aliphatic hydroxyl groups excluding tert-OH is 1. The summed E-state index contributed by atoms with van der Waals surface area (Å²) in [5.41, 5.74) is 6.91. The van der Waals surface area contributed by atoms with Gasteiger partial charge in [-0.05, 0) is 18.9 Å². The molecule has 1 saturated heterocycles. The van der Waals surface area contributed by atoms with Gasteiger partial charge in [0.1, 0.15) is 5.82 Å². The molecule has 122 valence electrons. The van der Waals surface area contributed by atoms with Crippen LogP contribution >= 0.6 is 11.3 Å². The molecule has 0 bridgehead atoms. The smallest absolute Gasteiger partial charge is 0.227 e. The number of fused-ring (bicyclic) bond motifs is 1. The summed E-state index contributed by atoms with van der Waals surface area (Å²) in [6, 6.07) is 1.92. The minimum atomic E-state index is -0.264. The van der Waals surface area contributed by atoms with Gasteiger partial charge in [-0.3, -0.25) is 0 Å². The van der Waals surface area contributed by atoms with E-state index >= 15 is 0 Å². The van der Waals surface area contributed by atoms with Gasteiger partial charge in [0.15, 0.2) is 5.13 Å². The zero-order valence-corrected chi connectivity index (χ0v) is 13.7. The molecular formula is C15H20N6OS. The maximum Gasteiger partial charge on any atom is 0.227 e. The van der Waals surface area contributed by atoms with E-state index in [-0.39, 0.29) is 6.10 Å². The zero-order chi connectivity index (χ0) is 15.8.